The van der Waals surface area contributed by atoms with Crippen molar-refractivity contribution >= 4 is 5.91 Å². The first kappa shape index (κ1) is 79.8. The highest BCUT2D eigenvalue weighted by atomic mass is 16.8. The predicted molar refractivity (Wildman–Crippen MR) is 337 cm³/mol. The molecule has 17 unspecified atom stereocenters. The molecule has 3 fully saturated rings. The molecular weight excluding hydrogens is 1120 g/mol. The van der Waals surface area contributed by atoms with Crippen molar-refractivity contribution in [2.45, 2.75) is 388 Å². The molecule has 3 rings (SSSR count). The summed E-state index contributed by atoms with van der Waals surface area (Å²) in [5, 5.41) is 120. The second-order valence-electron chi connectivity index (χ2n) is 25.7. The van der Waals surface area contributed by atoms with Crippen molar-refractivity contribution in [2.75, 3.05) is 26.4 Å². The molecule has 0 aliphatic carbocycles. The van der Waals surface area contributed by atoms with E-state index in [0.717, 1.165) is 44.9 Å². The van der Waals surface area contributed by atoms with E-state index in [9.17, 15) is 61.0 Å². The summed E-state index contributed by atoms with van der Waals surface area (Å²) in [6, 6.07) is -0.966. The maximum absolute atomic E-state index is 13.3. The van der Waals surface area contributed by atoms with Gasteiger partial charge in [-0.05, 0) is 19.3 Å². The summed E-state index contributed by atoms with van der Waals surface area (Å²) >= 11 is 0. The highest BCUT2D eigenvalue weighted by Crippen LogP contribution is 2.33. The quantitative estimate of drug-likeness (QED) is 0.0199. The lowest BCUT2D eigenvalue weighted by Crippen LogP contribution is -2.66. The molecule has 0 radical (unpaired) electrons. The first-order valence-corrected chi connectivity index (χ1v) is 35.4. The Bertz CT molecular complexity index is 1630. The second kappa shape index (κ2) is 51.0. The molecule has 19 nitrogen and oxygen atoms in total. The molecule has 0 aromatic heterocycles. The van der Waals surface area contributed by atoms with Crippen LogP contribution in [0.3, 0.4) is 0 Å². The fraction of sp³-hybridized carbons (Fsp3) is 0.956. The van der Waals surface area contributed by atoms with Crippen LogP contribution < -0.4 is 5.32 Å². The molecular formula is C68H129NO18. The zero-order valence-electron chi connectivity index (χ0n) is 54.3. The van der Waals surface area contributed by atoms with Crippen LogP contribution in [-0.2, 0) is 33.2 Å². The molecule has 0 saturated carbocycles. The first-order chi connectivity index (χ1) is 42.3. The van der Waals surface area contributed by atoms with E-state index < -0.39 is 124 Å². The number of ether oxygens (including phenoxy) is 6. The van der Waals surface area contributed by atoms with E-state index in [-0.39, 0.29) is 18.9 Å². The van der Waals surface area contributed by atoms with Crippen LogP contribution >= 0.6 is 0 Å². The van der Waals surface area contributed by atoms with Crippen molar-refractivity contribution in [2.24, 2.45) is 0 Å². The van der Waals surface area contributed by atoms with Crippen molar-refractivity contribution in [1.29, 1.82) is 0 Å². The van der Waals surface area contributed by atoms with Gasteiger partial charge in [0.25, 0.3) is 0 Å². The van der Waals surface area contributed by atoms with Crippen LogP contribution in [0.25, 0.3) is 0 Å². The number of aliphatic hydroxyl groups is 11. The van der Waals surface area contributed by atoms with Crippen LogP contribution in [0.1, 0.15) is 284 Å². The van der Waals surface area contributed by atoms with Gasteiger partial charge in [-0.1, -0.05) is 270 Å². The molecule has 0 aromatic carbocycles. The molecule has 12 N–H and O–H groups in total. The molecule has 0 aromatic rings. The van der Waals surface area contributed by atoms with E-state index in [0.29, 0.717) is 6.42 Å². The number of unbranched alkanes of at least 4 members (excludes halogenated alkanes) is 39. The van der Waals surface area contributed by atoms with Crippen LogP contribution in [0.15, 0.2) is 12.2 Å². The Kier molecular flexibility index (Phi) is 46.8. The number of allylic oxidation sites excluding steroid dienone is 1. The van der Waals surface area contributed by atoms with Crippen LogP contribution in [0.2, 0.25) is 0 Å². The van der Waals surface area contributed by atoms with Gasteiger partial charge in [0.05, 0.1) is 38.6 Å². The zero-order valence-corrected chi connectivity index (χ0v) is 54.3. The van der Waals surface area contributed by atoms with Crippen molar-refractivity contribution < 1.29 is 89.4 Å². The van der Waals surface area contributed by atoms with Crippen LogP contribution in [-0.4, -0.2) is 193 Å². The van der Waals surface area contributed by atoms with Gasteiger partial charge in [0.1, 0.15) is 73.2 Å². The summed E-state index contributed by atoms with van der Waals surface area (Å²) < 4.78 is 34.2. The lowest BCUT2D eigenvalue weighted by Gasteiger charge is -2.48. The maximum atomic E-state index is 13.3. The largest absolute Gasteiger partial charge is 0.394 e. The number of aliphatic hydroxyl groups excluding tert-OH is 11. The Morgan fingerprint density at radius 2 is 0.713 bits per heavy atom. The van der Waals surface area contributed by atoms with Crippen molar-refractivity contribution in [1.82, 2.24) is 5.32 Å². The Morgan fingerprint density at radius 1 is 0.402 bits per heavy atom. The van der Waals surface area contributed by atoms with Gasteiger partial charge in [0.15, 0.2) is 18.9 Å². The SMILES string of the molecule is CCCCCCCCC/C=C/C(O)C(COC1OC(CO)C(OC2OC(CO)C(OC3OC(CO)C(O)C(O)C3O)C(O)C2O)C(O)C1O)NC(=O)CCCCCCCCCCCCCCCCCCCCCCCCCCCCCCCCCCC. The first-order valence-electron chi connectivity index (χ1n) is 35.4. The molecule has 514 valence electrons. The predicted octanol–water partition coefficient (Wildman–Crippen LogP) is 9.28. The minimum absolute atomic E-state index is 0.249. The fourth-order valence-corrected chi connectivity index (χ4v) is 12.3. The highest BCUT2D eigenvalue weighted by molar-refractivity contribution is 5.76. The van der Waals surface area contributed by atoms with E-state index in [1.54, 1.807) is 6.08 Å². The summed E-state index contributed by atoms with van der Waals surface area (Å²) in [4.78, 5) is 13.3. The summed E-state index contributed by atoms with van der Waals surface area (Å²) in [6.07, 6.45) is 29.7. The normalized spacial score (nSPS) is 28.6. The Hall–Kier alpha value is -1.47. The van der Waals surface area contributed by atoms with E-state index in [4.69, 9.17) is 28.4 Å². The highest BCUT2D eigenvalue weighted by Gasteiger charge is 2.53. The third kappa shape index (κ3) is 33.3. The number of hydrogen-bond donors (Lipinski definition) is 12. The third-order valence-electron chi connectivity index (χ3n) is 18.1. The Morgan fingerprint density at radius 3 is 1.08 bits per heavy atom. The molecule has 87 heavy (non-hydrogen) atoms. The van der Waals surface area contributed by atoms with Gasteiger partial charge in [-0.3, -0.25) is 4.79 Å². The van der Waals surface area contributed by atoms with Crippen molar-refractivity contribution in [3.8, 4) is 0 Å². The average Bonchev–Trinajstić information content (AvgIpc) is 3.66. The maximum Gasteiger partial charge on any atom is 0.220 e. The molecule has 3 aliphatic heterocycles. The monoisotopic (exact) mass is 1250 g/mol. The molecule has 3 saturated heterocycles. The van der Waals surface area contributed by atoms with Crippen molar-refractivity contribution in [3.05, 3.63) is 12.2 Å². The van der Waals surface area contributed by atoms with Crippen LogP contribution in [0, 0.1) is 0 Å². The standard InChI is InChI=1S/C68H129NO18/c1-3-5-7-9-11-13-14-15-16-17-18-19-20-21-22-23-24-25-26-27-28-29-30-31-32-33-34-35-36-38-40-42-44-46-56(74)69-51(52(73)45-43-41-39-37-12-10-8-6-4-2)50-82-66-62(80)59(77)64(54(48-71)84-66)87-68-63(81)60(78)65(55(49-72)85-68)86-67-61(79)58(76)57(75)53(47-70)83-67/h43,45,51-55,57-68,70-73,75-81H,3-42,44,46-50H2,1-2H3,(H,69,74)/b45-43+. The molecule has 3 aliphatic rings. The number of amides is 1. The van der Waals surface area contributed by atoms with Gasteiger partial charge in [0, 0.05) is 6.42 Å². The van der Waals surface area contributed by atoms with Gasteiger partial charge >= 0.3 is 0 Å². The fourth-order valence-electron chi connectivity index (χ4n) is 12.3. The number of nitrogens with one attached hydrogen (secondary N) is 1. The van der Waals surface area contributed by atoms with E-state index in [2.05, 4.69) is 19.2 Å². The molecule has 1 amide bonds. The van der Waals surface area contributed by atoms with Gasteiger partial charge in [-0.25, -0.2) is 0 Å². The van der Waals surface area contributed by atoms with Gasteiger partial charge in [-0.15, -0.1) is 0 Å². The number of carbonyl (C=O) groups excluding carboxylic acids is 1. The van der Waals surface area contributed by atoms with Crippen LogP contribution in [0.4, 0.5) is 0 Å². The lowest BCUT2D eigenvalue weighted by molar-refractivity contribution is -0.379. The van der Waals surface area contributed by atoms with Crippen molar-refractivity contribution in [3.63, 3.8) is 0 Å². The average molecular weight is 1250 g/mol. The lowest BCUT2D eigenvalue weighted by atomic mass is 9.96. The molecule has 3 heterocycles. The Balaban J connectivity index is 1.30. The van der Waals surface area contributed by atoms with Crippen LogP contribution in [0.5, 0.6) is 0 Å². The number of hydrogen-bond acceptors (Lipinski definition) is 18. The molecule has 0 spiro atoms. The second-order valence-corrected chi connectivity index (χ2v) is 25.7. The van der Waals surface area contributed by atoms with Gasteiger partial charge in [0.2, 0.25) is 5.91 Å². The van der Waals surface area contributed by atoms with Gasteiger partial charge < -0.3 is 89.9 Å². The zero-order chi connectivity index (χ0) is 63.3. The number of carbonyl (C=O) groups is 1. The molecule has 19 heteroatoms. The molecule has 17 atom stereocenters. The van der Waals surface area contributed by atoms with E-state index >= 15 is 0 Å². The minimum Gasteiger partial charge on any atom is -0.394 e. The summed E-state index contributed by atoms with van der Waals surface area (Å²) in [6.45, 7) is 1.72. The smallest absolute Gasteiger partial charge is 0.220 e. The summed E-state index contributed by atoms with van der Waals surface area (Å²) in [5.74, 6) is -0.272. The third-order valence-corrected chi connectivity index (χ3v) is 18.1. The van der Waals surface area contributed by atoms with E-state index in [1.807, 2.05) is 6.08 Å². The number of rotatable bonds is 55. The summed E-state index contributed by atoms with van der Waals surface area (Å²) in [7, 11) is 0. The topological polar surface area (TPSA) is 307 Å². The molecule has 0 bridgehead atoms. The van der Waals surface area contributed by atoms with Gasteiger partial charge in [-0.2, -0.15) is 0 Å². The van der Waals surface area contributed by atoms with E-state index in [1.165, 1.54) is 212 Å². The Labute approximate surface area is 525 Å². The summed E-state index contributed by atoms with van der Waals surface area (Å²) in [5.41, 5.74) is 0. The minimum atomic E-state index is -1.97.